The van der Waals surface area contributed by atoms with Gasteiger partial charge >= 0.3 is 6.03 Å². The molecular weight excluding hydrogens is 444 g/mol. The molecule has 3 aromatic rings. The summed E-state index contributed by atoms with van der Waals surface area (Å²) in [5, 5.41) is 17.4. The molecule has 1 heterocycles. The highest BCUT2D eigenvalue weighted by Gasteiger charge is 2.51. The number of urea groups is 1. The minimum atomic E-state index is -2.23. The Morgan fingerprint density at radius 1 is 1.06 bits per heavy atom. The van der Waals surface area contributed by atoms with Crippen LogP contribution >= 0.6 is 0 Å². The predicted octanol–water partition coefficient (Wildman–Crippen LogP) is 3.53. The van der Waals surface area contributed by atoms with Crippen molar-refractivity contribution in [2.75, 3.05) is 37.0 Å². The summed E-state index contributed by atoms with van der Waals surface area (Å²) < 4.78 is 5.48. The molecule has 0 spiro atoms. The van der Waals surface area contributed by atoms with Crippen LogP contribution in [-0.4, -0.2) is 48.7 Å². The Morgan fingerprint density at radius 2 is 1.74 bits per heavy atom. The van der Waals surface area contributed by atoms with Gasteiger partial charge in [0.05, 0.1) is 12.3 Å². The number of likely N-dealkylation sites (N-methyl/N-ethyl adjacent to an activating group) is 1. The first-order valence-electron chi connectivity index (χ1n) is 11.6. The fourth-order valence-corrected chi connectivity index (χ4v) is 4.18. The minimum Gasteiger partial charge on any atom is -0.494 e. The number of amides is 3. The molecule has 8 heteroatoms. The molecule has 1 unspecified atom stereocenters. The third-order valence-electron chi connectivity index (χ3n) is 5.87. The van der Waals surface area contributed by atoms with Crippen molar-refractivity contribution in [1.29, 1.82) is 0 Å². The molecule has 182 valence electrons. The van der Waals surface area contributed by atoms with E-state index in [0.717, 1.165) is 11.4 Å². The van der Waals surface area contributed by atoms with Crippen LogP contribution in [0.1, 0.15) is 18.1 Å². The van der Waals surface area contributed by atoms with E-state index in [1.54, 1.807) is 48.5 Å². The zero-order chi connectivity index (χ0) is 24.8. The molecule has 0 saturated carbocycles. The highest BCUT2D eigenvalue weighted by atomic mass is 16.5. The number of fused-ring (bicyclic) bond motifs is 1. The van der Waals surface area contributed by atoms with E-state index in [-0.39, 0.29) is 0 Å². The molecule has 3 aromatic carbocycles. The van der Waals surface area contributed by atoms with Gasteiger partial charge in [-0.15, -0.1) is 0 Å². The third-order valence-corrected chi connectivity index (χ3v) is 5.87. The standard InChI is InChI=1S/C27H30N4O4/c1-3-35-22-15-13-21(14-16-22)31-26(33)29-24-12-8-7-11-23(24)27(31,34)25(32)28-17-18-30(2)19-20-9-5-4-6-10-20/h4-16,34H,3,17-19H2,1-2H3,(H,28,32)(H,29,33). The molecule has 3 N–H and O–H groups in total. The van der Waals surface area contributed by atoms with Crippen LogP contribution in [0.2, 0.25) is 0 Å². The summed E-state index contributed by atoms with van der Waals surface area (Å²) in [6.45, 7) is 3.97. The van der Waals surface area contributed by atoms with Gasteiger partial charge in [0.1, 0.15) is 5.75 Å². The van der Waals surface area contributed by atoms with Crippen LogP contribution in [0.25, 0.3) is 0 Å². The Kier molecular flexibility index (Phi) is 7.33. The fraction of sp³-hybridized carbons (Fsp3) is 0.259. The highest BCUT2D eigenvalue weighted by Crippen LogP contribution is 2.40. The van der Waals surface area contributed by atoms with Crippen molar-refractivity contribution in [2.24, 2.45) is 0 Å². The van der Waals surface area contributed by atoms with Crippen molar-refractivity contribution < 1.29 is 19.4 Å². The predicted molar refractivity (Wildman–Crippen MR) is 135 cm³/mol. The molecule has 0 saturated heterocycles. The van der Waals surface area contributed by atoms with Gasteiger partial charge in [0, 0.05) is 30.9 Å². The molecule has 35 heavy (non-hydrogen) atoms. The Balaban J connectivity index is 1.55. The van der Waals surface area contributed by atoms with Crippen molar-refractivity contribution in [2.45, 2.75) is 19.2 Å². The summed E-state index contributed by atoms with van der Waals surface area (Å²) in [6, 6.07) is 22.9. The molecule has 0 radical (unpaired) electrons. The number of nitrogens with zero attached hydrogens (tertiary/aromatic N) is 2. The van der Waals surface area contributed by atoms with E-state index < -0.39 is 17.7 Å². The average Bonchev–Trinajstić information content (AvgIpc) is 2.86. The second-order valence-corrected chi connectivity index (χ2v) is 8.39. The van der Waals surface area contributed by atoms with Crippen molar-refractivity contribution in [1.82, 2.24) is 10.2 Å². The molecule has 8 nitrogen and oxygen atoms in total. The summed E-state index contributed by atoms with van der Waals surface area (Å²) in [5.74, 6) is -0.0506. The maximum atomic E-state index is 13.5. The van der Waals surface area contributed by atoms with Crippen LogP contribution < -0.4 is 20.3 Å². The second-order valence-electron chi connectivity index (χ2n) is 8.39. The lowest BCUT2D eigenvalue weighted by Crippen LogP contribution is -2.62. The number of nitrogens with one attached hydrogen (secondary N) is 2. The lowest BCUT2D eigenvalue weighted by molar-refractivity contribution is -0.140. The number of carbonyl (C=O) groups excluding carboxylic acids is 2. The number of aliphatic hydroxyl groups is 1. The molecule has 1 aliphatic heterocycles. The lowest BCUT2D eigenvalue weighted by atomic mass is 9.95. The Labute approximate surface area is 205 Å². The van der Waals surface area contributed by atoms with E-state index >= 15 is 0 Å². The summed E-state index contributed by atoms with van der Waals surface area (Å²) in [6.07, 6.45) is 0. The van der Waals surface area contributed by atoms with Crippen LogP contribution in [0.5, 0.6) is 5.75 Å². The Hall–Kier alpha value is -3.88. The molecule has 0 bridgehead atoms. The first-order chi connectivity index (χ1) is 16.9. The van der Waals surface area contributed by atoms with Crippen LogP contribution in [0.3, 0.4) is 0 Å². The normalized spacial score (nSPS) is 17.0. The number of benzene rings is 3. The SMILES string of the molecule is CCOc1ccc(N2C(=O)Nc3ccccc3C2(O)C(=O)NCCN(C)Cc2ccccc2)cc1. The Morgan fingerprint density at radius 3 is 2.46 bits per heavy atom. The molecule has 0 aromatic heterocycles. The first kappa shape index (κ1) is 24.3. The van der Waals surface area contributed by atoms with E-state index in [1.165, 1.54) is 5.56 Å². The molecule has 1 aliphatic rings. The number of ether oxygens (including phenoxy) is 1. The molecule has 0 aliphatic carbocycles. The summed E-state index contributed by atoms with van der Waals surface area (Å²) in [5.41, 5.74) is -0.0229. The zero-order valence-corrected chi connectivity index (χ0v) is 19.9. The van der Waals surface area contributed by atoms with Crippen molar-refractivity contribution in [3.63, 3.8) is 0 Å². The number of carbonyl (C=O) groups is 2. The molecule has 1 atom stereocenters. The monoisotopic (exact) mass is 474 g/mol. The second kappa shape index (κ2) is 10.6. The molecule has 4 rings (SSSR count). The topological polar surface area (TPSA) is 94.1 Å². The van der Waals surface area contributed by atoms with E-state index in [0.29, 0.717) is 42.4 Å². The van der Waals surface area contributed by atoms with Gasteiger partial charge in [-0.3, -0.25) is 9.69 Å². The van der Waals surface area contributed by atoms with Crippen molar-refractivity contribution in [3.05, 3.63) is 90.0 Å². The van der Waals surface area contributed by atoms with Gasteiger partial charge in [-0.25, -0.2) is 4.79 Å². The highest BCUT2D eigenvalue weighted by molar-refractivity contribution is 6.11. The third kappa shape index (κ3) is 5.13. The van der Waals surface area contributed by atoms with Gasteiger partial charge in [0.2, 0.25) is 0 Å². The van der Waals surface area contributed by atoms with Crippen molar-refractivity contribution >= 4 is 23.3 Å². The lowest BCUT2D eigenvalue weighted by Gasteiger charge is -2.42. The van der Waals surface area contributed by atoms with Gasteiger partial charge in [-0.2, -0.15) is 0 Å². The van der Waals surface area contributed by atoms with Crippen LogP contribution in [0, 0.1) is 0 Å². The van der Waals surface area contributed by atoms with Gasteiger partial charge in [0.25, 0.3) is 11.6 Å². The van der Waals surface area contributed by atoms with Crippen LogP contribution in [0.15, 0.2) is 78.9 Å². The molecule has 0 fully saturated rings. The summed E-state index contributed by atoms with van der Waals surface area (Å²) in [7, 11) is 1.96. The van der Waals surface area contributed by atoms with E-state index in [9.17, 15) is 14.7 Å². The van der Waals surface area contributed by atoms with Crippen LogP contribution in [-0.2, 0) is 17.1 Å². The van der Waals surface area contributed by atoms with Gasteiger partial charge in [-0.1, -0.05) is 48.5 Å². The number of hydrogen-bond acceptors (Lipinski definition) is 5. The zero-order valence-electron chi connectivity index (χ0n) is 19.9. The van der Waals surface area contributed by atoms with Crippen molar-refractivity contribution in [3.8, 4) is 5.75 Å². The number of hydrogen-bond donors (Lipinski definition) is 3. The number of anilines is 2. The van der Waals surface area contributed by atoms with Crippen LogP contribution in [0.4, 0.5) is 16.2 Å². The quantitative estimate of drug-likeness (QED) is 0.441. The molecular formula is C27H30N4O4. The van der Waals surface area contributed by atoms with Gasteiger partial charge < -0.3 is 25.4 Å². The number of rotatable bonds is 9. The fourth-order valence-electron chi connectivity index (χ4n) is 4.18. The van der Waals surface area contributed by atoms with E-state index in [4.69, 9.17) is 4.74 Å². The van der Waals surface area contributed by atoms with E-state index in [1.807, 2.05) is 44.3 Å². The van der Waals surface area contributed by atoms with E-state index in [2.05, 4.69) is 15.5 Å². The number of para-hydroxylation sites is 1. The van der Waals surface area contributed by atoms with Gasteiger partial charge in [0.15, 0.2) is 0 Å². The largest absolute Gasteiger partial charge is 0.494 e. The average molecular weight is 475 g/mol. The smallest absolute Gasteiger partial charge is 0.329 e. The maximum Gasteiger partial charge on any atom is 0.329 e. The summed E-state index contributed by atoms with van der Waals surface area (Å²) >= 11 is 0. The van der Waals surface area contributed by atoms with Gasteiger partial charge in [-0.05, 0) is 49.9 Å². The Bertz CT molecular complexity index is 1170. The minimum absolute atomic E-state index is 0.295. The molecule has 3 amide bonds. The first-order valence-corrected chi connectivity index (χ1v) is 11.6. The maximum absolute atomic E-state index is 13.5. The summed E-state index contributed by atoms with van der Waals surface area (Å²) in [4.78, 5) is 29.8.